The minimum atomic E-state index is -0.261. The van der Waals surface area contributed by atoms with Gasteiger partial charge >= 0.3 is 6.03 Å². The number of anilines is 1. The summed E-state index contributed by atoms with van der Waals surface area (Å²) in [6.07, 6.45) is 1.32. The van der Waals surface area contributed by atoms with Gasteiger partial charge in [-0.2, -0.15) is 0 Å². The van der Waals surface area contributed by atoms with E-state index in [4.69, 9.17) is 5.73 Å². The molecule has 5 nitrogen and oxygen atoms in total. The first-order chi connectivity index (χ1) is 8.16. The van der Waals surface area contributed by atoms with Gasteiger partial charge in [0.25, 0.3) is 0 Å². The second-order valence-corrected chi connectivity index (χ2v) is 5.02. The third-order valence-corrected chi connectivity index (χ3v) is 3.72. The summed E-state index contributed by atoms with van der Waals surface area (Å²) in [4.78, 5) is 24.6. The van der Waals surface area contributed by atoms with Crippen LogP contribution in [0.5, 0.6) is 0 Å². The third kappa shape index (κ3) is 2.97. The van der Waals surface area contributed by atoms with Crippen LogP contribution < -0.4 is 11.1 Å². The van der Waals surface area contributed by atoms with Crippen molar-refractivity contribution in [1.82, 2.24) is 4.90 Å². The minimum absolute atomic E-state index is 0.0826. The highest BCUT2D eigenvalue weighted by Gasteiger charge is 2.25. The van der Waals surface area contributed by atoms with Gasteiger partial charge in [-0.05, 0) is 30.4 Å². The lowest BCUT2D eigenvalue weighted by Gasteiger charge is -2.30. The molecule has 1 fully saturated rings. The maximum absolute atomic E-state index is 11.8. The van der Waals surface area contributed by atoms with Crippen LogP contribution >= 0.6 is 11.3 Å². The number of carbonyl (C=O) groups excluding carboxylic acids is 2. The second kappa shape index (κ2) is 5.18. The number of urea groups is 1. The summed E-state index contributed by atoms with van der Waals surface area (Å²) in [7, 11) is 0. The predicted octanol–water partition coefficient (Wildman–Crippen LogP) is 1.48. The average molecular weight is 253 g/mol. The number of hydrogen-bond donors (Lipinski definition) is 2. The van der Waals surface area contributed by atoms with E-state index in [2.05, 4.69) is 5.32 Å². The number of nitrogens with one attached hydrogen (secondary N) is 1. The molecule has 0 unspecified atom stereocenters. The third-order valence-electron chi connectivity index (χ3n) is 2.94. The number of primary amides is 1. The van der Waals surface area contributed by atoms with Gasteiger partial charge in [0.15, 0.2) is 0 Å². The fourth-order valence-electron chi connectivity index (χ4n) is 1.90. The molecule has 1 aromatic heterocycles. The Morgan fingerprint density at radius 2 is 2.12 bits per heavy atom. The van der Waals surface area contributed by atoms with Crippen LogP contribution in [0.25, 0.3) is 0 Å². The van der Waals surface area contributed by atoms with Gasteiger partial charge in [-0.25, -0.2) is 4.79 Å². The molecule has 0 aliphatic carbocycles. The van der Waals surface area contributed by atoms with E-state index in [-0.39, 0.29) is 17.9 Å². The molecule has 1 aliphatic rings. The number of rotatable bonds is 2. The highest BCUT2D eigenvalue weighted by Crippen LogP contribution is 2.19. The predicted molar refractivity (Wildman–Crippen MR) is 66.8 cm³/mol. The van der Waals surface area contributed by atoms with Gasteiger partial charge in [0.1, 0.15) is 0 Å². The number of carbonyl (C=O) groups is 2. The zero-order valence-electron chi connectivity index (χ0n) is 9.39. The summed E-state index contributed by atoms with van der Waals surface area (Å²) in [5.41, 5.74) is 5.24. The number of nitrogens with two attached hydrogens (primary N) is 1. The van der Waals surface area contributed by atoms with E-state index in [9.17, 15) is 9.59 Å². The van der Waals surface area contributed by atoms with Crippen LogP contribution in [0.15, 0.2) is 17.5 Å². The van der Waals surface area contributed by atoms with Gasteiger partial charge < -0.3 is 10.6 Å². The van der Waals surface area contributed by atoms with E-state index in [1.807, 2.05) is 17.5 Å². The number of piperidine rings is 1. The quantitative estimate of drug-likeness (QED) is 0.837. The van der Waals surface area contributed by atoms with Gasteiger partial charge in [-0.15, -0.1) is 11.3 Å². The molecule has 0 bridgehead atoms. The molecule has 0 atom stereocenters. The summed E-state index contributed by atoms with van der Waals surface area (Å²) >= 11 is 1.49. The number of nitrogens with zero attached hydrogens (tertiary/aromatic N) is 1. The fraction of sp³-hybridized carbons (Fsp3) is 0.455. The minimum Gasteiger partial charge on any atom is -0.369 e. The maximum atomic E-state index is 11.8. The van der Waals surface area contributed by atoms with Crippen LogP contribution in [0.1, 0.15) is 12.8 Å². The molecule has 3 N–H and O–H groups in total. The Bertz CT molecular complexity index is 397. The SMILES string of the molecule is NC(=O)C1CCN(C(=O)Nc2cccs2)CC1. The Balaban J connectivity index is 1.84. The van der Waals surface area contributed by atoms with Crippen molar-refractivity contribution in [2.75, 3.05) is 18.4 Å². The van der Waals surface area contributed by atoms with E-state index in [1.165, 1.54) is 11.3 Å². The summed E-state index contributed by atoms with van der Waals surface area (Å²) in [5.74, 6) is -0.343. The van der Waals surface area contributed by atoms with Crippen molar-refractivity contribution in [2.24, 2.45) is 11.7 Å². The molecule has 2 rings (SSSR count). The highest BCUT2D eigenvalue weighted by atomic mass is 32.1. The second-order valence-electron chi connectivity index (χ2n) is 4.07. The van der Waals surface area contributed by atoms with Crippen LogP contribution in [0.4, 0.5) is 9.80 Å². The zero-order valence-corrected chi connectivity index (χ0v) is 10.2. The molecule has 0 saturated carbocycles. The van der Waals surface area contributed by atoms with Gasteiger partial charge in [-0.3, -0.25) is 10.1 Å². The zero-order chi connectivity index (χ0) is 12.3. The molecule has 0 radical (unpaired) electrons. The lowest BCUT2D eigenvalue weighted by molar-refractivity contribution is -0.122. The van der Waals surface area contributed by atoms with Gasteiger partial charge in [0.2, 0.25) is 5.91 Å². The first-order valence-corrected chi connectivity index (χ1v) is 6.43. The van der Waals surface area contributed by atoms with Crippen LogP contribution in [-0.4, -0.2) is 29.9 Å². The smallest absolute Gasteiger partial charge is 0.322 e. The first kappa shape index (κ1) is 11.9. The van der Waals surface area contributed by atoms with Crippen molar-refractivity contribution in [3.63, 3.8) is 0 Å². The summed E-state index contributed by atoms with van der Waals surface area (Å²) in [6.45, 7) is 1.18. The first-order valence-electron chi connectivity index (χ1n) is 5.55. The van der Waals surface area contributed by atoms with Crippen LogP contribution in [0.2, 0.25) is 0 Å². The Morgan fingerprint density at radius 3 is 2.65 bits per heavy atom. The number of likely N-dealkylation sites (tertiary alicyclic amines) is 1. The maximum Gasteiger partial charge on any atom is 0.322 e. The Labute approximate surface area is 104 Å². The summed E-state index contributed by atoms with van der Waals surface area (Å²) in [6, 6.07) is 3.65. The van der Waals surface area contributed by atoms with Crippen molar-refractivity contribution < 1.29 is 9.59 Å². The average Bonchev–Trinajstić information content (AvgIpc) is 2.82. The molecule has 1 aromatic rings. The molecule has 6 heteroatoms. The van der Waals surface area contributed by atoms with Crippen LogP contribution in [0, 0.1) is 5.92 Å². The molecule has 92 valence electrons. The standard InChI is InChI=1S/C11H15N3O2S/c12-10(15)8-3-5-14(6-4-8)11(16)13-9-2-1-7-17-9/h1-2,7-8H,3-6H2,(H2,12,15)(H,13,16). The van der Waals surface area contributed by atoms with Crippen molar-refractivity contribution >= 4 is 28.3 Å². The van der Waals surface area contributed by atoms with Gasteiger partial charge in [-0.1, -0.05) is 0 Å². The molecule has 0 spiro atoms. The molecule has 0 aromatic carbocycles. The largest absolute Gasteiger partial charge is 0.369 e. The number of thiophene rings is 1. The summed E-state index contributed by atoms with van der Waals surface area (Å²) < 4.78 is 0. The number of amides is 3. The topological polar surface area (TPSA) is 75.4 Å². The highest BCUT2D eigenvalue weighted by molar-refractivity contribution is 7.14. The van der Waals surface area contributed by atoms with E-state index in [1.54, 1.807) is 4.90 Å². The molecule has 17 heavy (non-hydrogen) atoms. The monoisotopic (exact) mass is 253 g/mol. The Hall–Kier alpha value is -1.56. The normalized spacial score (nSPS) is 16.8. The van der Waals surface area contributed by atoms with Crippen molar-refractivity contribution in [3.8, 4) is 0 Å². The lowest BCUT2D eigenvalue weighted by atomic mass is 9.96. The number of hydrogen-bond acceptors (Lipinski definition) is 3. The van der Waals surface area contributed by atoms with E-state index in [0.29, 0.717) is 25.9 Å². The van der Waals surface area contributed by atoms with E-state index in [0.717, 1.165) is 5.00 Å². The van der Waals surface area contributed by atoms with Crippen molar-refractivity contribution in [2.45, 2.75) is 12.8 Å². The molecule has 1 saturated heterocycles. The fourth-order valence-corrected chi connectivity index (χ4v) is 2.51. The van der Waals surface area contributed by atoms with Crippen molar-refractivity contribution in [3.05, 3.63) is 17.5 Å². The van der Waals surface area contributed by atoms with Crippen LogP contribution in [-0.2, 0) is 4.79 Å². The van der Waals surface area contributed by atoms with Crippen LogP contribution in [0.3, 0.4) is 0 Å². The molecule has 3 amide bonds. The molecular formula is C11H15N3O2S. The summed E-state index contributed by atoms with van der Waals surface area (Å²) in [5, 5.41) is 5.58. The van der Waals surface area contributed by atoms with Gasteiger partial charge in [0.05, 0.1) is 5.00 Å². The van der Waals surface area contributed by atoms with Crippen molar-refractivity contribution in [1.29, 1.82) is 0 Å². The van der Waals surface area contributed by atoms with Gasteiger partial charge in [0, 0.05) is 19.0 Å². The van der Waals surface area contributed by atoms with E-state index >= 15 is 0 Å². The Kier molecular flexibility index (Phi) is 3.63. The van der Waals surface area contributed by atoms with E-state index < -0.39 is 0 Å². The lowest BCUT2D eigenvalue weighted by Crippen LogP contribution is -2.43. The Morgan fingerprint density at radius 1 is 1.41 bits per heavy atom. The molecular weight excluding hydrogens is 238 g/mol. The molecule has 1 aliphatic heterocycles. The molecule has 2 heterocycles.